The molecular formula is C47H66N6O14S. The van der Waals surface area contributed by atoms with Gasteiger partial charge in [-0.3, -0.25) is 48.1 Å². The molecule has 4 rings (SSSR count). The van der Waals surface area contributed by atoms with Crippen molar-refractivity contribution >= 4 is 64.9 Å². The van der Waals surface area contributed by atoms with Crippen LogP contribution >= 0.6 is 11.3 Å². The summed E-state index contributed by atoms with van der Waals surface area (Å²) < 4.78 is 16.6. The van der Waals surface area contributed by atoms with E-state index >= 15 is 0 Å². The highest BCUT2D eigenvalue weighted by Gasteiger charge is 2.44. The van der Waals surface area contributed by atoms with E-state index in [0.29, 0.717) is 34.9 Å². The Hall–Kier alpha value is -5.96. The molecule has 0 saturated carbocycles. The zero-order valence-corrected chi connectivity index (χ0v) is 41.0. The molecule has 5 amide bonds. The first-order valence-corrected chi connectivity index (χ1v) is 24.0. The van der Waals surface area contributed by atoms with Gasteiger partial charge in [-0.05, 0) is 89.6 Å². The van der Waals surface area contributed by atoms with Crippen LogP contribution < -0.4 is 15.4 Å². The molecule has 0 radical (unpaired) electrons. The molecule has 2 aromatic rings. The second-order valence-electron chi connectivity index (χ2n) is 18.0. The van der Waals surface area contributed by atoms with Crippen LogP contribution in [0.3, 0.4) is 0 Å². The number of aryl methyl sites for hydroxylation is 1. The summed E-state index contributed by atoms with van der Waals surface area (Å²) in [4.78, 5) is 128. The lowest BCUT2D eigenvalue weighted by atomic mass is 9.90. The van der Waals surface area contributed by atoms with Gasteiger partial charge in [0.1, 0.15) is 23.1 Å². The molecule has 3 heterocycles. The molecule has 6 atom stereocenters. The molecule has 2 aliphatic heterocycles. The highest BCUT2D eigenvalue weighted by molar-refractivity contribution is 7.09. The molecule has 2 saturated heterocycles. The molecule has 1 unspecified atom stereocenters. The highest BCUT2D eigenvalue weighted by atomic mass is 32.1. The molecule has 3 N–H and O–H groups in total. The minimum absolute atomic E-state index is 0.0422. The topological polar surface area (TPSA) is 257 Å². The number of likely N-dealkylation sites (N-methyl/N-ethyl adjacent to an activating group) is 1. The second kappa shape index (κ2) is 25.4. The van der Waals surface area contributed by atoms with E-state index in [4.69, 9.17) is 19.0 Å². The lowest BCUT2D eigenvalue weighted by Crippen LogP contribution is -2.62. The average molecular weight is 971 g/mol. The maximum atomic E-state index is 14.9. The molecule has 0 aliphatic carbocycles. The Morgan fingerprint density at radius 3 is 2.28 bits per heavy atom. The molecule has 20 nitrogen and oxygen atoms in total. The van der Waals surface area contributed by atoms with Gasteiger partial charge in [-0.2, -0.15) is 0 Å². The first kappa shape index (κ1) is 54.6. The average Bonchev–Trinajstić information content (AvgIpc) is 3.88. The van der Waals surface area contributed by atoms with Crippen molar-refractivity contribution in [2.45, 2.75) is 155 Å². The van der Waals surface area contributed by atoms with Gasteiger partial charge in [-0.1, -0.05) is 57.7 Å². The molecule has 0 bridgehead atoms. The summed E-state index contributed by atoms with van der Waals surface area (Å²) in [6.45, 7) is 11.9. The second-order valence-corrected chi connectivity index (χ2v) is 18.9. The van der Waals surface area contributed by atoms with Crippen molar-refractivity contribution in [1.29, 1.82) is 0 Å². The third-order valence-electron chi connectivity index (χ3n) is 12.1. The number of esters is 2. The quantitative estimate of drug-likeness (QED) is 0.0544. The minimum atomic E-state index is -1.35. The van der Waals surface area contributed by atoms with E-state index < -0.39 is 90.1 Å². The normalized spacial score (nSPS) is 17.5. The van der Waals surface area contributed by atoms with Crippen LogP contribution in [0.15, 0.2) is 29.6 Å². The lowest BCUT2D eigenvalue weighted by Gasteiger charge is -2.43. The van der Waals surface area contributed by atoms with Crippen LogP contribution in [0, 0.1) is 11.8 Å². The predicted molar refractivity (Wildman–Crippen MR) is 245 cm³/mol. The summed E-state index contributed by atoms with van der Waals surface area (Å²) in [6, 6.07) is 3.03. The number of imide groups is 1. The number of nitrogens with one attached hydrogen (secondary N) is 2. The van der Waals surface area contributed by atoms with Crippen LogP contribution in [0.5, 0.6) is 5.75 Å². The zero-order chi connectivity index (χ0) is 50.3. The number of carbonyl (C=O) groups excluding carboxylic acids is 8. The number of aliphatic carboxylic acids is 1. The Morgan fingerprint density at radius 1 is 1.00 bits per heavy atom. The van der Waals surface area contributed by atoms with E-state index in [1.165, 1.54) is 42.2 Å². The third-order valence-corrected chi connectivity index (χ3v) is 13.0. The predicted octanol–water partition coefficient (Wildman–Crippen LogP) is 4.96. The first-order valence-electron chi connectivity index (χ1n) is 23.1. The smallest absolute Gasteiger partial charge is 0.481 e. The zero-order valence-electron chi connectivity index (χ0n) is 40.2. The molecule has 2 fully saturated rings. The van der Waals surface area contributed by atoms with E-state index in [1.807, 2.05) is 32.7 Å². The fraction of sp³-hybridized carbons (Fsp3) is 0.617. The van der Waals surface area contributed by atoms with Crippen molar-refractivity contribution in [3.8, 4) is 5.75 Å². The monoisotopic (exact) mass is 970 g/mol. The largest absolute Gasteiger partial charge is 0.539 e. The number of carboxylic acid groups (broad SMARTS) is 1. The molecular weight excluding hydrogens is 905 g/mol. The Labute approximate surface area is 400 Å². The molecule has 1 aromatic carbocycles. The van der Waals surface area contributed by atoms with Crippen molar-refractivity contribution in [1.82, 2.24) is 30.5 Å². The van der Waals surface area contributed by atoms with E-state index in [9.17, 15) is 48.3 Å². The van der Waals surface area contributed by atoms with E-state index in [-0.39, 0.29) is 68.2 Å². The molecule has 1 aromatic heterocycles. The van der Waals surface area contributed by atoms with Crippen molar-refractivity contribution in [2.24, 2.45) is 11.8 Å². The Bertz CT molecular complexity index is 2110. The SMILES string of the molecule is CCCC(=O)OCN(C(=O)[C@H](NC(=O)[C@@H]1CCCCN1C)C(C)CC)[C@@H](CCc1nc(C(=O)N[C@H](Cc2ccc(OC(=O)ON3C(=O)CCC3=O)cc2)C[C@@H](C)C(=O)O)cs1)C(C)(C)OC(C)=O. The van der Waals surface area contributed by atoms with Gasteiger partial charge in [0.25, 0.3) is 17.7 Å². The maximum absolute atomic E-state index is 14.9. The van der Waals surface area contributed by atoms with Crippen LogP contribution in [-0.4, -0.2) is 129 Å². The van der Waals surface area contributed by atoms with Gasteiger partial charge < -0.3 is 34.9 Å². The van der Waals surface area contributed by atoms with Crippen molar-refractivity contribution in [3.63, 3.8) is 0 Å². The first-order chi connectivity index (χ1) is 32.1. The lowest BCUT2D eigenvalue weighted by molar-refractivity contribution is -0.175. The van der Waals surface area contributed by atoms with E-state index in [1.54, 1.807) is 31.4 Å². The van der Waals surface area contributed by atoms with Crippen LogP contribution in [0.25, 0.3) is 0 Å². The van der Waals surface area contributed by atoms with Crippen LogP contribution in [0.2, 0.25) is 0 Å². The van der Waals surface area contributed by atoms with Crippen molar-refractivity contribution in [3.05, 3.63) is 45.9 Å². The fourth-order valence-electron chi connectivity index (χ4n) is 8.16. The number of rotatable bonds is 24. The van der Waals surface area contributed by atoms with Crippen molar-refractivity contribution < 1.29 is 67.3 Å². The summed E-state index contributed by atoms with van der Waals surface area (Å²) in [5.41, 5.74) is -0.644. The summed E-state index contributed by atoms with van der Waals surface area (Å²) in [7, 11) is 1.88. The highest BCUT2D eigenvalue weighted by Crippen LogP contribution is 2.29. The van der Waals surface area contributed by atoms with Gasteiger partial charge in [0, 0.05) is 44.0 Å². The summed E-state index contributed by atoms with van der Waals surface area (Å²) in [5.74, 6) is -6.03. The van der Waals surface area contributed by atoms with E-state index in [2.05, 4.69) is 15.6 Å². The maximum Gasteiger partial charge on any atom is 0.539 e. The van der Waals surface area contributed by atoms with Gasteiger partial charge >= 0.3 is 24.1 Å². The Balaban J connectivity index is 1.54. The molecule has 0 spiro atoms. The summed E-state index contributed by atoms with van der Waals surface area (Å²) in [6.07, 6.45) is 2.71. The molecule has 374 valence electrons. The van der Waals surface area contributed by atoms with Gasteiger partial charge in [-0.25, -0.2) is 9.78 Å². The number of hydroxylamine groups is 2. The number of hydrogen-bond acceptors (Lipinski definition) is 16. The number of likely N-dealkylation sites (tertiary alicyclic amines) is 1. The van der Waals surface area contributed by atoms with Gasteiger partial charge in [0.2, 0.25) is 11.8 Å². The fourth-order valence-corrected chi connectivity index (χ4v) is 8.95. The summed E-state index contributed by atoms with van der Waals surface area (Å²) in [5, 5.41) is 18.0. The minimum Gasteiger partial charge on any atom is -0.481 e. The van der Waals surface area contributed by atoms with Gasteiger partial charge in [-0.15, -0.1) is 11.3 Å². The standard InChI is InChI=1S/C47H66N6O14S/c1-9-13-40(57)64-27-52(44(60)41(28(3)10-2)50-43(59)35-14-11-12-23-51(35)8)36(47(6,7)66-30(5)54)19-20-37-49-34(26-68-37)42(58)48-32(24-29(4)45(61)62)25-31-15-17-33(18-16-31)65-46(63)67-53-38(55)21-22-39(53)56/h15-18,26,28-29,32,35-36,41H,9-14,19-25,27H2,1-8H3,(H,48,58)(H,50,59)(H,61,62)/t28?,29-,32+,35+,36+,41-/m1/s1. The third kappa shape index (κ3) is 15.8. The van der Waals surface area contributed by atoms with Crippen LogP contribution in [-0.2, 0) is 60.7 Å². The van der Waals surface area contributed by atoms with Gasteiger partial charge in [0.05, 0.1) is 23.0 Å². The molecule has 2 aliphatic rings. The summed E-state index contributed by atoms with van der Waals surface area (Å²) >= 11 is 1.18. The number of nitrogens with zero attached hydrogens (tertiary/aromatic N) is 4. The van der Waals surface area contributed by atoms with E-state index in [0.717, 1.165) is 19.4 Å². The number of aromatic nitrogens is 1. The number of carboxylic acids is 1. The number of benzene rings is 1. The number of amides is 5. The number of ether oxygens (including phenoxy) is 3. The van der Waals surface area contributed by atoms with Crippen LogP contribution in [0.1, 0.15) is 134 Å². The number of carbonyl (C=O) groups is 9. The van der Waals surface area contributed by atoms with Gasteiger partial charge in [0.15, 0.2) is 6.73 Å². The Kier molecular flexibility index (Phi) is 20.4. The van der Waals surface area contributed by atoms with Crippen LogP contribution in [0.4, 0.5) is 4.79 Å². The number of piperidine rings is 1. The molecule has 68 heavy (non-hydrogen) atoms. The number of hydrogen-bond donors (Lipinski definition) is 3. The molecule has 21 heteroatoms. The number of thiazole rings is 1. The van der Waals surface area contributed by atoms with Crippen molar-refractivity contribution in [2.75, 3.05) is 20.3 Å². The Morgan fingerprint density at radius 2 is 1.68 bits per heavy atom.